The maximum atomic E-state index is 4.12. The average molecular weight is 180 g/mol. The van der Waals surface area contributed by atoms with Crippen LogP contribution in [-0.2, 0) is 6.42 Å². The van der Waals surface area contributed by atoms with E-state index in [2.05, 4.69) is 27.0 Å². The van der Waals surface area contributed by atoms with Gasteiger partial charge in [0.15, 0.2) is 0 Å². The van der Waals surface area contributed by atoms with Crippen LogP contribution in [0.5, 0.6) is 0 Å². The van der Waals surface area contributed by atoms with Crippen molar-refractivity contribution in [2.45, 2.75) is 32.2 Å². The van der Waals surface area contributed by atoms with Gasteiger partial charge in [-0.1, -0.05) is 6.92 Å². The second kappa shape index (κ2) is 3.87. The molecule has 2 rings (SSSR count). The van der Waals surface area contributed by atoms with Crippen molar-refractivity contribution in [3.8, 4) is 0 Å². The Kier molecular flexibility index (Phi) is 2.59. The molecule has 1 aromatic heterocycles. The van der Waals surface area contributed by atoms with Crippen molar-refractivity contribution in [1.29, 1.82) is 0 Å². The smallest absolute Gasteiger partial charge is 0.134 e. The van der Waals surface area contributed by atoms with E-state index in [1.54, 1.807) is 0 Å². The summed E-state index contributed by atoms with van der Waals surface area (Å²) in [6, 6.07) is 0.701. The summed E-state index contributed by atoms with van der Waals surface area (Å²) in [6.45, 7) is 4.14. The summed E-state index contributed by atoms with van der Waals surface area (Å²) in [6.07, 6.45) is 5.45. The van der Waals surface area contributed by atoms with Gasteiger partial charge in [0.05, 0.1) is 0 Å². The quantitative estimate of drug-likeness (QED) is 0.680. The predicted molar refractivity (Wildman–Crippen MR) is 50.5 cm³/mol. The molecule has 0 bridgehead atoms. The second-order valence-corrected chi connectivity index (χ2v) is 3.49. The lowest BCUT2D eigenvalue weighted by Crippen LogP contribution is -2.18. The molecule has 0 radical (unpaired) electrons. The van der Waals surface area contributed by atoms with Crippen molar-refractivity contribution < 1.29 is 0 Å². The van der Waals surface area contributed by atoms with E-state index >= 15 is 0 Å². The van der Waals surface area contributed by atoms with E-state index in [1.165, 1.54) is 12.8 Å². The summed E-state index contributed by atoms with van der Waals surface area (Å²) >= 11 is 0. The first-order valence-corrected chi connectivity index (χ1v) is 5.01. The zero-order valence-corrected chi connectivity index (χ0v) is 8.03. The third kappa shape index (κ3) is 2.06. The van der Waals surface area contributed by atoms with Gasteiger partial charge in [-0.15, -0.1) is 10.2 Å². The minimum absolute atomic E-state index is 0.701. The Balaban J connectivity index is 1.90. The first kappa shape index (κ1) is 8.69. The molecule has 0 amide bonds. The molecular formula is C9H16N4. The van der Waals surface area contributed by atoms with E-state index in [1.807, 2.05) is 6.33 Å². The predicted octanol–water partition coefficient (Wildman–Crippen LogP) is 0.765. The second-order valence-electron chi connectivity index (χ2n) is 3.49. The molecule has 1 aliphatic rings. The number of likely N-dealkylation sites (N-methyl/N-ethyl adjacent to an activating group) is 1. The van der Waals surface area contributed by atoms with Crippen molar-refractivity contribution in [1.82, 2.24) is 20.1 Å². The highest BCUT2D eigenvalue weighted by Gasteiger charge is 2.25. The Morgan fingerprint density at radius 2 is 2.46 bits per heavy atom. The highest BCUT2D eigenvalue weighted by atomic mass is 15.3. The van der Waals surface area contributed by atoms with Crippen LogP contribution >= 0.6 is 0 Å². The summed E-state index contributed by atoms with van der Waals surface area (Å²) in [5, 5.41) is 11.4. The number of nitrogens with one attached hydrogen (secondary N) is 1. The number of aromatic nitrogens is 3. The van der Waals surface area contributed by atoms with Gasteiger partial charge in [0.1, 0.15) is 12.2 Å². The van der Waals surface area contributed by atoms with Crippen molar-refractivity contribution in [3.05, 3.63) is 12.2 Å². The average Bonchev–Trinajstić information content (AvgIpc) is 2.88. The summed E-state index contributed by atoms with van der Waals surface area (Å²) in [5.41, 5.74) is 0. The van der Waals surface area contributed by atoms with Crippen LogP contribution in [0.1, 0.15) is 31.6 Å². The van der Waals surface area contributed by atoms with Crippen LogP contribution in [0, 0.1) is 0 Å². The Bertz CT molecular complexity index is 264. The van der Waals surface area contributed by atoms with Gasteiger partial charge in [-0.05, 0) is 19.4 Å². The third-order valence-electron chi connectivity index (χ3n) is 2.36. The van der Waals surface area contributed by atoms with Crippen molar-refractivity contribution in [2.75, 3.05) is 13.1 Å². The SMILES string of the molecule is CCNCCc1nncn1C1CC1. The van der Waals surface area contributed by atoms with Gasteiger partial charge < -0.3 is 9.88 Å². The van der Waals surface area contributed by atoms with Gasteiger partial charge in [-0.3, -0.25) is 0 Å². The fourth-order valence-electron chi connectivity index (χ4n) is 1.48. The standard InChI is InChI=1S/C9H16N4/c1-2-10-6-5-9-12-11-7-13(9)8-3-4-8/h7-8,10H,2-6H2,1H3. The molecule has 1 aromatic rings. The topological polar surface area (TPSA) is 42.7 Å². The molecule has 1 N–H and O–H groups in total. The maximum absolute atomic E-state index is 4.12. The molecule has 0 unspecified atom stereocenters. The number of hydrogen-bond donors (Lipinski definition) is 1. The van der Waals surface area contributed by atoms with Crippen LogP contribution < -0.4 is 5.32 Å². The highest BCUT2D eigenvalue weighted by Crippen LogP contribution is 2.35. The molecular weight excluding hydrogens is 164 g/mol. The molecule has 4 heteroatoms. The minimum Gasteiger partial charge on any atom is -0.317 e. The van der Waals surface area contributed by atoms with Crippen LogP contribution in [0.2, 0.25) is 0 Å². The molecule has 1 heterocycles. The molecule has 1 aliphatic carbocycles. The molecule has 0 atom stereocenters. The van der Waals surface area contributed by atoms with E-state index in [-0.39, 0.29) is 0 Å². The Morgan fingerprint density at radius 1 is 1.62 bits per heavy atom. The van der Waals surface area contributed by atoms with Crippen LogP contribution in [-0.4, -0.2) is 27.9 Å². The van der Waals surface area contributed by atoms with Crippen molar-refractivity contribution in [3.63, 3.8) is 0 Å². The zero-order chi connectivity index (χ0) is 9.10. The molecule has 13 heavy (non-hydrogen) atoms. The van der Waals surface area contributed by atoms with Crippen molar-refractivity contribution in [2.24, 2.45) is 0 Å². The number of nitrogens with zero attached hydrogens (tertiary/aromatic N) is 3. The van der Waals surface area contributed by atoms with Gasteiger partial charge in [0, 0.05) is 19.0 Å². The van der Waals surface area contributed by atoms with Crippen molar-refractivity contribution >= 4 is 0 Å². The minimum atomic E-state index is 0.701. The van der Waals surface area contributed by atoms with Crippen LogP contribution in [0.25, 0.3) is 0 Å². The Labute approximate surface area is 78.4 Å². The summed E-state index contributed by atoms with van der Waals surface area (Å²) in [7, 11) is 0. The molecule has 1 fully saturated rings. The molecule has 4 nitrogen and oxygen atoms in total. The summed E-state index contributed by atoms with van der Waals surface area (Å²) in [4.78, 5) is 0. The lowest BCUT2D eigenvalue weighted by atomic mass is 10.4. The molecule has 0 aromatic carbocycles. The number of rotatable bonds is 5. The normalized spacial score (nSPS) is 16.4. The maximum Gasteiger partial charge on any atom is 0.134 e. The van der Waals surface area contributed by atoms with Gasteiger partial charge in [-0.25, -0.2) is 0 Å². The fraction of sp³-hybridized carbons (Fsp3) is 0.778. The van der Waals surface area contributed by atoms with E-state index in [0.717, 1.165) is 25.3 Å². The monoisotopic (exact) mass is 180 g/mol. The van der Waals surface area contributed by atoms with Gasteiger partial charge >= 0.3 is 0 Å². The lowest BCUT2D eigenvalue weighted by Gasteiger charge is -2.04. The van der Waals surface area contributed by atoms with E-state index in [0.29, 0.717) is 6.04 Å². The fourth-order valence-corrected chi connectivity index (χ4v) is 1.48. The molecule has 72 valence electrons. The van der Waals surface area contributed by atoms with E-state index < -0.39 is 0 Å². The van der Waals surface area contributed by atoms with Crippen LogP contribution in [0.3, 0.4) is 0 Å². The first-order chi connectivity index (χ1) is 6.42. The Morgan fingerprint density at radius 3 is 3.15 bits per heavy atom. The van der Waals surface area contributed by atoms with Gasteiger partial charge in [0.25, 0.3) is 0 Å². The van der Waals surface area contributed by atoms with E-state index in [9.17, 15) is 0 Å². The zero-order valence-electron chi connectivity index (χ0n) is 8.03. The Hall–Kier alpha value is -0.900. The van der Waals surface area contributed by atoms with Crippen LogP contribution in [0.15, 0.2) is 6.33 Å². The first-order valence-electron chi connectivity index (χ1n) is 5.01. The third-order valence-corrected chi connectivity index (χ3v) is 2.36. The molecule has 1 saturated carbocycles. The lowest BCUT2D eigenvalue weighted by molar-refractivity contribution is 0.637. The van der Waals surface area contributed by atoms with Gasteiger partial charge in [0.2, 0.25) is 0 Å². The van der Waals surface area contributed by atoms with E-state index in [4.69, 9.17) is 0 Å². The largest absolute Gasteiger partial charge is 0.317 e. The molecule has 0 saturated heterocycles. The number of hydrogen-bond acceptors (Lipinski definition) is 3. The van der Waals surface area contributed by atoms with Crippen LogP contribution in [0.4, 0.5) is 0 Å². The van der Waals surface area contributed by atoms with Gasteiger partial charge in [-0.2, -0.15) is 0 Å². The summed E-state index contributed by atoms with van der Waals surface area (Å²) in [5.74, 6) is 1.13. The molecule has 0 aliphatic heterocycles. The highest BCUT2D eigenvalue weighted by molar-refractivity contribution is 4.95. The summed E-state index contributed by atoms with van der Waals surface area (Å²) < 4.78 is 2.22. The molecule has 0 spiro atoms.